The summed E-state index contributed by atoms with van der Waals surface area (Å²) in [5.74, 6) is 2.18. The summed E-state index contributed by atoms with van der Waals surface area (Å²) in [5.41, 5.74) is 0. The molecule has 0 N–H and O–H groups in total. The molecule has 0 aliphatic heterocycles. The minimum absolute atomic E-state index is 0.0274. The molecule has 16 heavy (non-hydrogen) atoms. The molecule has 1 nitrogen and oxygen atoms in total. The van der Waals surface area contributed by atoms with Crippen molar-refractivity contribution in [3.05, 3.63) is 35.0 Å². The molecular formula is C13H9FOS. The Morgan fingerprint density at radius 3 is 3.00 bits per heavy atom. The van der Waals surface area contributed by atoms with Gasteiger partial charge >= 0.3 is 0 Å². The van der Waals surface area contributed by atoms with Crippen LogP contribution >= 0.6 is 11.3 Å². The van der Waals surface area contributed by atoms with Gasteiger partial charge in [-0.1, -0.05) is 0 Å². The fourth-order valence-electron chi connectivity index (χ4n) is 1.46. The lowest BCUT2D eigenvalue weighted by molar-refractivity contribution is 0.0988. The van der Waals surface area contributed by atoms with Crippen molar-refractivity contribution in [2.24, 2.45) is 0 Å². The second kappa shape index (κ2) is 4.46. The molecule has 0 spiro atoms. The molecule has 0 amide bonds. The van der Waals surface area contributed by atoms with Crippen LogP contribution in [-0.2, 0) is 0 Å². The van der Waals surface area contributed by atoms with Crippen LogP contribution in [0.15, 0.2) is 24.3 Å². The molecule has 0 fully saturated rings. The Bertz CT molecular complexity index is 577. The van der Waals surface area contributed by atoms with E-state index in [1.807, 2.05) is 0 Å². The molecule has 2 aromatic rings. The summed E-state index contributed by atoms with van der Waals surface area (Å²) in [6.45, 7) is 0. The van der Waals surface area contributed by atoms with E-state index in [0.717, 1.165) is 10.1 Å². The van der Waals surface area contributed by atoms with Gasteiger partial charge in [-0.3, -0.25) is 4.79 Å². The van der Waals surface area contributed by atoms with E-state index in [4.69, 9.17) is 6.42 Å². The average molecular weight is 232 g/mol. The average Bonchev–Trinajstić information content (AvgIpc) is 2.68. The van der Waals surface area contributed by atoms with E-state index >= 15 is 0 Å². The number of benzene rings is 1. The second-order valence-corrected chi connectivity index (χ2v) is 4.50. The third-order valence-corrected chi connectivity index (χ3v) is 3.41. The predicted octanol–water partition coefficient (Wildman–Crippen LogP) is 3.64. The maximum absolute atomic E-state index is 12.9. The van der Waals surface area contributed by atoms with E-state index in [1.165, 1.54) is 23.5 Å². The molecule has 0 radical (unpaired) electrons. The number of terminal acetylenes is 1. The van der Waals surface area contributed by atoms with Crippen LogP contribution in [0.25, 0.3) is 10.1 Å². The Labute approximate surface area is 96.9 Å². The van der Waals surface area contributed by atoms with Crippen LogP contribution in [-0.4, -0.2) is 5.78 Å². The van der Waals surface area contributed by atoms with Gasteiger partial charge in [-0.05, 0) is 29.7 Å². The first-order valence-electron chi connectivity index (χ1n) is 4.86. The van der Waals surface area contributed by atoms with Crippen LogP contribution in [0.1, 0.15) is 22.5 Å². The Hall–Kier alpha value is -1.66. The number of hydrogen-bond donors (Lipinski definition) is 0. The van der Waals surface area contributed by atoms with Gasteiger partial charge in [0.25, 0.3) is 0 Å². The summed E-state index contributed by atoms with van der Waals surface area (Å²) < 4.78 is 13.9. The molecule has 1 aromatic carbocycles. The van der Waals surface area contributed by atoms with Gasteiger partial charge in [0.2, 0.25) is 0 Å². The lowest BCUT2D eigenvalue weighted by Gasteiger charge is -1.90. The monoisotopic (exact) mass is 232 g/mol. The van der Waals surface area contributed by atoms with Crippen molar-refractivity contribution in [3.63, 3.8) is 0 Å². The molecule has 0 aliphatic carbocycles. The number of carbonyl (C=O) groups is 1. The first kappa shape index (κ1) is 10.8. The van der Waals surface area contributed by atoms with E-state index in [2.05, 4.69) is 5.92 Å². The number of hydrogen-bond acceptors (Lipinski definition) is 2. The van der Waals surface area contributed by atoms with E-state index in [0.29, 0.717) is 17.7 Å². The molecule has 1 heterocycles. The number of fused-ring (bicyclic) bond motifs is 1. The molecular weight excluding hydrogens is 223 g/mol. The zero-order chi connectivity index (χ0) is 11.5. The van der Waals surface area contributed by atoms with E-state index in [-0.39, 0.29) is 11.6 Å². The normalized spacial score (nSPS) is 10.2. The predicted molar refractivity (Wildman–Crippen MR) is 64.2 cm³/mol. The molecule has 0 unspecified atom stereocenters. The van der Waals surface area contributed by atoms with Crippen molar-refractivity contribution in [1.29, 1.82) is 0 Å². The Kier molecular flexibility index (Phi) is 3.02. The van der Waals surface area contributed by atoms with Gasteiger partial charge in [-0.2, -0.15) is 0 Å². The molecule has 0 saturated carbocycles. The number of ketones is 1. The van der Waals surface area contributed by atoms with Crippen LogP contribution in [0, 0.1) is 18.2 Å². The first-order chi connectivity index (χ1) is 7.70. The molecule has 0 bridgehead atoms. The maximum Gasteiger partial charge on any atom is 0.173 e. The smallest absolute Gasteiger partial charge is 0.173 e. The Morgan fingerprint density at radius 2 is 2.25 bits per heavy atom. The van der Waals surface area contributed by atoms with Crippen LogP contribution in [0.4, 0.5) is 4.39 Å². The van der Waals surface area contributed by atoms with Gasteiger partial charge < -0.3 is 0 Å². The summed E-state index contributed by atoms with van der Waals surface area (Å²) in [7, 11) is 0. The summed E-state index contributed by atoms with van der Waals surface area (Å²) in [6.07, 6.45) is 5.90. The lowest BCUT2D eigenvalue weighted by Crippen LogP contribution is -1.93. The SMILES string of the molecule is C#CCCC(=O)c1cc2cc(F)ccc2s1. The molecule has 0 atom stereocenters. The lowest BCUT2D eigenvalue weighted by atomic mass is 10.2. The Morgan fingerprint density at radius 1 is 1.44 bits per heavy atom. The van der Waals surface area contributed by atoms with Crippen molar-refractivity contribution in [1.82, 2.24) is 0 Å². The minimum Gasteiger partial charge on any atom is -0.293 e. The van der Waals surface area contributed by atoms with Crippen LogP contribution in [0.2, 0.25) is 0 Å². The highest BCUT2D eigenvalue weighted by Crippen LogP contribution is 2.27. The van der Waals surface area contributed by atoms with Gasteiger partial charge in [0.15, 0.2) is 5.78 Å². The summed E-state index contributed by atoms with van der Waals surface area (Å²) in [6, 6.07) is 6.24. The standard InChI is InChI=1S/C13H9FOS/c1-2-3-4-11(15)13-8-9-7-10(14)5-6-12(9)16-13/h1,5-8H,3-4H2. The van der Waals surface area contributed by atoms with E-state index in [1.54, 1.807) is 12.1 Å². The number of rotatable bonds is 3. The van der Waals surface area contributed by atoms with E-state index < -0.39 is 0 Å². The van der Waals surface area contributed by atoms with E-state index in [9.17, 15) is 9.18 Å². The minimum atomic E-state index is -0.284. The van der Waals surface area contributed by atoms with Crippen molar-refractivity contribution < 1.29 is 9.18 Å². The molecule has 2 rings (SSSR count). The fraction of sp³-hybridized carbons (Fsp3) is 0.154. The van der Waals surface area contributed by atoms with Crippen LogP contribution in [0.3, 0.4) is 0 Å². The summed E-state index contributed by atoms with van der Waals surface area (Å²) in [4.78, 5) is 12.3. The first-order valence-corrected chi connectivity index (χ1v) is 5.68. The van der Waals surface area contributed by atoms with Gasteiger partial charge in [0.05, 0.1) is 4.88 Å². The molecule has 3 heteroatoms. The molecule has 0 aliphatic rings. The topological polar surface area (TPSA) is 17.1 Å². The largest absolute Gasteiger partial charge is 0.293 e. The second-order valence-electron chi connectivity index (χ2n) is 3.42. The number of halogens is 1. The highest BCUT2D eigenvalue weighted by molar-refractivity contribution is 7.20. The van der Waals surface area contributed by atoms with Crippen LogP contribution in [0.5, 0.6) is 0 Å². The summed E-state index contributed by atoms with van der Waals surface area (Å²) >= 11 is 1.38. The fourth-order valence-corrected chi connectivity index (χ4v) is 2.47. The molecule has 1 aromatic heterocycles. The third kappa shape index (κ3) is 2.12. The highest BCUT2D eigenvalue weighted by atomic mass is 32.1. The number of thiophene rings is 1. The quantitative estimate of drug-likeness (QED) is 0.583. The van der Waals surface area contributed by atoms with Crippen LogP contribution < -0.4 is 0 Å². The molecule has 0 saturated heterocycles. The molecule has 80 valence electrons. The van der Waals surface area contributed by atoms with Crippen molar-refractivity contribution >= 4 is 27.2 Å². The van der Waals surface area contributed by atoms with Gasteiger partial charge in [0, 0.05) is 17.5 Å². The zero-order valence-corrected chi connectivity index (χ0v) is 9.31. The van der Waals surface area contributed by atoms with Gasteiger partial charge in [0.1, 0.15) is 5.82 Å². The van der Waals surface area contributed by atoms with Gasteiger partial charge in [-0.25, -0.2) is 4.39 Å². The number of Topliss-reactive ketones (excluding diaryl/α,β-unsaturated/α-hetero) is 1. The maximum atomic E-state index is 12.9. The number of carbonyl (C=O) groups excluding carboxylic acids is 1. The zero-order valence-electron chi connectivity index (χ0n) is 8.50. The summed E-state index contributed by atoms with van der Waals surface area (Å²) in [5, 5.41) is 0.772. The Balaban J connectivity index is 2.33. The van der Waals surface area contributed by atoms with Crippen molar-refractivity contribution in [2.45, 2.75) is 12.8 Å². The van der Waals surface area contributed by atoms with Crippen molar-refractivity contribution in [2.75, 3.05) is 0 Å². The van der Waals surface area contributed by atoms with Crippen molar-refractivity contribution in [3.8, 4) is 12.3 Å². The highest BCUT2D eigenvalue weighted by Gasteiger charge is 2.09. The van der Waals surface area contributed by atoms with Gasteiger partial charge in [-0.15, -0.1) is 23.7 Å². The third-order valence-electron chi connectivity index (χ3n) is 2.25.